The van der Waals surface area contributed by atoms with E-state index < -0.39 is 6.04 Å². The number of hydrogen-bond donors (Lipinski definition) is 1. The molecule has 45 heavy (non-hydrogen) atoms. The topological polar surface area (TPSA) is 78.3 Å². The van der Waals surface area contributed by atoms with Gasteiger partial charge in [0.1, 0.15) is 12.6 Å². The summed E-state index contributed by atoms with van der Waals surface area (Å²) in [5.41, 5.74) is 8.08. The van der Waals surface area contributed by atoms with Gasteiger partial charge in [0.2, 0.25) is 11.1 Å². The van der Waals surface area contributed by atoms with Gasteiger partial charge in [0.25, 0.3) is 0 Å². The molecule has 1 unspecified atom stereocenters. The van der Waals surface area contributed by atoms with Gasteiger partial charge in [-0.3, -0.25) is 4.79 Å². The maximum Gasteiger partial charge on any atom is 0.227 e. The molecule has 1 atom stereocenters. The zero-order valence-electron chi connectivity index (χ0n) is 26.3. The summed E-state index contributed by atoms with van der Waals surface area (Å²) in [6.07, 6.45) is 1.19. The van der Waals surface area contributed by atoms with Crippen LogP contribution in [0.4, 0.5) is 5.95 Å². The predicted molar refractivity (Wildman–Crippen MR) is 184 cm³/mol. The number of Topliss-reactive ketones (excluding diaryl/α,β-unsaturated/α-hetero) is 1. The number of thioether (sulfide) groups is 1. The molecule has 3 aromatic carbocycles. The average molecular weight is 708 g/mol. The zero-order chi connectivity index (χ0) is 32.0. The van der Waals surface area contributed by atoms with Gasteiger partial charge < -0.3 is 14.8 Å². The summed E-state index contributed by atoms with van der Waals surface area (Å²) in [6, 6.07) is 15.6. The number of aromatic nitrogens is 3. The van der Waals surface area contributed by atoms with E-state index >= 15 is 0 Å². The van der Waals surface area contributed by atoms with Gasteiger partial charge in [-0.15, -0.1) is 5.10 Å². The molecule has 2 aliphatic rings. The lowest BCUT2D eigenvalue weighted by Gasteiger charge is -2.38. The summed E-state index contributed by atoms with van der Waals surface area (Å²) < 4.78 is 14.8. The monoisotopic (exact) mass is 706 g/mol. The smallest absolute Gasteiger partial charge is 0.227 e. The van der Waals surface area contributed by atoms with Crippen molar-refractivity contribution in [3.8, 4) is 11.5 Å². The molecular weight excluding hydrogens is 672 g/mol. The van der Waals surface area contributed by atoms with Crippen LogP contribution in [0.1, 0.15) is 66.1 Å². The quantitative estimate of drug-likeness (QED) is 0.183. The van der Waals surface area contributed by atoms with Crippen LogP contribution in [-0.2, 0) is 17.2 Å². The second-order valence-corrected chi connectivity index (χ2v) is 14.8. The highest BCUT2D eigenvalue weighted by molar-refractivity contribution is 9.10. The molecule has 7 nitrogen and oxygen atoms in total. The lowest BCUT2D eigenvalue weighted by Crippen LogP contribution is -2.36. The van der Waals surface area contributed by atoms with Gasteiger partial charge in [0, 0.05) is 28.5 Å². The van der Waals surface area contributed by atoms with Crippen molar-refractivity contribution in [1.29, 1.82) is 0 Å². The Morgan fingerprint density at radius 2 is 1.82 bits per heavy atom. The number of carbonyl (C=O) groups excluding carboxylic acids is 1. The van der Waals surface area contributed by atoms with Crippen molar-refractivity contribution in [3.05, 3.63) is 103 Å². The summed E-state index contributed by atoms with van der Waals surface area (Å²) in [6.45, 7) is 11.0. The Morgan fingerprint density at radius 3 is 2.58 bits per heavy atom. The van der Waals surface area contributed by atoms with Crippen molar-refractivity contribution >= 4 is 51.0 Å². The standard InChI is InChI=1S/C35H36BrClN4O3S/c1-19-11-21(3)24(12-20(19)2)17-44-32-25(36)13-23(14-29(32)43-6)31-30-27(15-35(4,5)16-28(30)42)38-33-39-34(40-41(31)33)45-18-22-9-7-8-10-26(22)37/h7-14,31H,15-18H2,1-6H3,(H,38,39,40). The molecule has 1 N–H and O–H groups in total. The number of rotatable bonds is 8. The minimum absolute atomic E-state index is 0.103. The summed E-state index contributed by atoms with van der Waals surface area (Å²) >= 11 is 11.7. The molecule has 0 bridgehead atoms. The normalized spacial score (nSPS) is 17.1. The van der Waals surface area contributed by atoms with Crippen molar-refractivity contribution in [2.75, 3.05) is 12.4 Å². The lowest BCUT2D eigenvalue weighted by molar-refractivity contribution is -0.118. The molecule has 2 heterocycles. The Balaban J connectivity index is 1.37. The van der Waals surface area contributed by atoms with Gasteiger partial charge in [-0.2, -0.15) is 4.98 Å². The number of nitrogens with zero attached hydrogens (tertiary/aromatic N) is 3. The lowest BCUT2D eigenvalue weighted by atomic mass is 9.73. The van der Waals surface area contributed by atoms with Gasteiger partial charge in [0.15, 0.2) is 17.3 Å². The largest absolute Gasteiger partial charge is 0.493 e. The molecule has 0 amide bonds. The Bertz CT molecular complexity index is 1850. The van der Waals surface area contributed by atoms with Crippen LogP contribution in [0, 0.1) is 26.2 Å². The van der Waals surface area contributed by atoms with Crippen molar-refractivity contribution in [1.82, 2.24) is 14.8 Å². The first-order chi connectivity index (χ1) is 21.4. The SMILES string of the molecule is COc1cc(C2C3=C(CC(C)(C)CC3=O)Nc3nc(SCc4ccccc4Cl)nn32)cc(Br)c1OCc1cc(C)c(C)cc1C. The molecule has 0 saturated heterocycles. The van der Waals surface area contributed by atoms with Crippen molar-refractivity contribution in [2.45, 2.75) is 71.0 Å². The maximum absolute atomic E-state index is 13.8. The first kappa shape index (κ1) is 31.7. The van der Waals surface area contributed by atoms with E-state index in [2.05, 4.69) is 68.0 Å². The average Bonchev–Trinajstić information content (AvgIpc) is 3.38. The molecule has 10 heteroatoms. The Labute approximate surface area is 281 Å². The minimum Gasteiger partial charge on any atom is -0.493 e. The van der Waals surface area contributed by atoms with E-state index in [0.717, 1.165) is 33.3 Å². The molecule has 0 radical (unpaired) electrons. The minimum atomic E-state index is -0.483. The van der Waals surface area contributed by atoms with Gasteiger partial charge in [-0.1, -0.05) is 67.5 Å². The Morgan fingerprint density at radius 1 is 1.07 bits per heavy atom. The van der Waals surface area contributed by atoms with E-state index in [0.29, 0.717) is 52.0 Å². The Kier molecular flexibility index (Phi) is 8.80. The van der Waals surface area contributed by atoms with Gasteiger partial charge in [-0.05, 0) is 100 Å². The van der Waals surface area contributed by atoms with Gasteiger partial charge in [0.05, 0.1) is 11.6 Å². The number of benzene rings is 3. The molecule has 4 aromatic rings. The molecule has 6 rings (SSSR count). The van der Waals surface area contributed by atoms with E-state index in [1.807, 2.05) is 41.1 Å². The first-order valence-corrected chi connectivity index (χ1v) is 17.0. The maximum atomic E-state index is 13.8. The fourth-order valence-electron chi connectivity index (χ4n) is 6.08. The summed E-state index contributed by atoms with van der Waals surface area (Å²) in [5, 5.41) is 9.69. The van der Waals surface area contributed by atoms with Crippen LogP contribution in [0.2, 0.25) is 5.02 Å². The molecule has 1 aliphatic carbocycles. The fraction of sp³-hybridized carbons (Fsp3) is 0.343. The molecule has 1 aromatic heterocycles. The highest BCUT2D eigenvalue weighted by Gasteiger charge is 2.42. The van der Waals surface area contributed by atoms with Gasteiger partial charge in [-0.25, -0.2) is 4.68 Å². The number of ketones is 1. The number of anilines is 1. The highest BCUT2D eigenvalue weighted by atomic mass is 79.9. The summed E-state index contributed by atoms with van der Waals surface area (Å²) in [4.78, 5) is 18.6. The van der Waals surface area contributed by atoms with Crippen LogP contribution in [-0.4, -0.2) is 27.7 Å². The second kappa shape index (κ2) is 12.5. The third-order valence-corrected chi connectivity index (χ3v) is 10.4. The number of ether oxygens (including phenoxy) is 2. The van der Waals surface area contributed by atoms with Crippen molar-refractivity contribution < 1.29 is 14.3 Å². The van der Waals surface area contributed by atoms with Crippen molar-refractivity contribution in [3.63, 3.8) is 0 Å². The van der Waals surface area contributed by atoms with E-state index in [-0.39, 0.29) is 11.2 Å². The van der Waals surface area contributed by atoms with Crippen LogP contribution < -0.4 is 14.8 Å². The number of carbonyl (C=O) groups is 1. The molecule has 1 aliphatic heterocycles. The second-order valence-electron chi connectivity index (χ2n) is 12.6. The number of hydrogen-bond acceptors (Lipinski definition) is 7. The number of methoxy groups -OCH3 is 1. The van der Waals surface area contributed by atoms with Crippen LogP contribution in [0.25, 0.3) is 0 Å². The van der Waals surface area contributed by atoms with E-state index in [9.17, 15) is 4.79 Å². The number of fused-ring (bicyclic) bond motifs is 1. The molecular formula is C35H36BrClN4O3S. The zero-order valence-corrected chi connectivity index (χ0v) is 29.4. The summed E-state index contributed by atoms with van der Waals surface area (Å²) in [7, 11) is 1.63. The van der Waals surface area contributed by atoms with E-state index in [1.165, 1.54) is 28.5 Å². The van der Waals surface area contributed by atoms with Crippen LogP contribution in [0.15, 0.2) is 69.4 Å². The molecule has 0 spiro atoms. The fourth-order valence-corrected chi connectivity index (χ4v) is 7.77. The molecule has 0 saturated carbocycles. The highest BCUT2D eigenvalue weighted by Crippen LogP contribution is 2.48. The molecule has 0 fully saturated rings. The van der Waals surface area contributed by atoms with Crippen LogP contribution >= 0.6 is 39.3 Å². The van der Waals surface area contributed by atoms with E-state index in [1.54, 1.807) is 7.11 Å². The Hall–Kier alpha value is -3.27. The number of aryl methyl sites for hydroxylation is 3. The number of nitrogens with one attached hydrogen (secondary N) is 1. The first-order valence-electron chi connectivity index (χ1n) is 14.9. The summed E-state index contributed by atoms with van der Waals surface area (Å²) in [5.74, 6) is 2.50. The van der Waals surface area contributed by atoms with E-state index in [4.69, 9.17) is 31.2 Å². The van der Waals surface area contributed by atoms with Crippen LogP contribution in [0.5, 0.6) is 11.5 Å². The molecule has 234 valence electrons. The predicted octanol–water partition coefficient (Wildman–Crippen LogP) is 9.16. The third-order valence-electron chi connectivity index (χ3n) is 8.52. The van der Waals surface area contributed by atoms with Crippen molar-refractivity contribution in [2.24, 2.45) is 5.41 Å². The third kappa shape index (κ3) is 6.40. The van der Waals surface area contributed by atoms with Gasteiger partial charge >= 0.3 is 0 Å². The van der Waals surface area contributed by atoms with Crippen LogP contribution in [0.3, 0.4) is 0 Å². The number of halogens is 2. The number of allylic oxidation sites excluding steroid dienone is 2.